The Balaban J connectivity index is 2.18. The van der Waals surface area contributed by atoms with Gasteiger partial charge in [0.25, 0.3) is 0 Å². The Morgan fingerprint density at radius 3 is 2.60 bits per heavy atom. The van der Waals surface area contributed by atoms with Crippen molar-refractivity contribution in [2.24, 2.45) is 11.5 Å². The van der Waals surface area contributed by atoms with Gasteiger partial charge in [-0.25, -0.2) is 9.59 Å². The third-order valence-electron chi connectivity index (χ3n) is 5.12. The Labute approximate surface area is 169 Å². The highest BCUT2D eigenvalue weighted by molar-refractivity contribution is 6.19. The molecule has 4 N–H and O–H groups in total. The summed E-state index contributed by atoms with van der Waals surface area (Å²) in [7, 11) is 1.11. The molecule has 30 heavy (non-hydrogen) atoms. The molecular weight excluding hydrogens is 394 g/mol. The van der Waals surface area contributed by atoms with Crippen molar-refractivity contribution >= 4 is 23.5 Å². The van der Waals surface area contributed by atoms with Gasteiger partial charge >= 0.3 is 11.6 Å². The van der Waals surface area contributed by atoms with E-state index in [0.717, 1.165) is 12.0 Å². The molecule has 0 aliphatic carbocycles. The average molecular weight is 411 g/mol. The first kappa shape index (κ1) is 19.2. The molecule has 10 nitrogen and oxygen atoms in total. The lowest BCUT2D eigenvalue weighted by Crippen LogP contribution is -2.51. The van der Waals surface area contributed by atoms with Crippen LogP contribution in [0.5, 0.6) is 5.75 Å². The maximum atomic E-state index is 13.8. The van der Waals surface area contributed by atoms with Gasteiger partial charge in [-0.2, -0.15) is 0 Å². The molecule has 1 aromatic carbocycles. The van der Waals surface area contributed by atoms with Crippen LogP contribution in [0.4, 0.5) is 5.69 Å². The van der Waals surface area contributed by atoms with E-state index in [0.29, 0.717) is 5.69 Å². The number of primary amides is 1. The van der Waals surface area contributed by atoms with Crippen LogP contribution in [-0.4, -0.2) is 31.4 Å². The van der Waals surface area contributed by atoms with Crippen molar-refractivity contribution in [1.82, 2.24) is 0 Å². The molecule has 0 saturated carbocycles. The number of benzene rings is 1. The fourth-order valence-corrected chi connectivity index (χ4v) is 4.09. The van der Waals surface area contributed by atoms with Crippen LogP contribution in [0.1, 0.15) is 16.9 Å². The molecule has 2 aliphatic heterocycles. The number of nitrogens with two attached hydrogens (primary N) is 2. The number of methoxy groups -OCH3 is 1. The van der Waals surface area contributed by atoms with Gasteiger partial charge in [0.1, 0.15) is 34.6 Å². The molecule has 4 rings (SSSR count). The summed E-state index contributed by atoms with van der Waals surface area (Å²) >= 11 is 0. The van der Waals surface area contributed by atoms with Gasteiger partial charge in [0.15, 0.2) is 0 Å². The maximum Gasteiger partial charge on any atom is 0.344 e. The number of hydrogen-bond donors (Lipinski definition) is 2. The van der Waals surface area contributed by atoms with Gasteiger partial charge < -0.3 is 30.3 Å². The minimum atomic E-state index is -2.02. The number of esters is 1. The SMILES string of the molecule is COC(=O)C1=C(N)Oc2cc(C)oc(=O)c2[C@]12C(=O)N(CC(N)=O)c1ccccc12. The van der Waals surface area contributed by atoms with Crippen molar-refractivity contribution in [1.29, 1.82) is 0 Å². The number of ether oxygens (including phenoxy) is 2. The van der Waals surface area contributed by atoms with Crippen molar-refractivity contribution in [2.45, 2.75) is 12.3 Å². The summed E-state index contributed by atoms with van der Waals surface area (Å²) < 4.78 is 15.6. The molecule has 2 aromatic rings. The number of aryl methyl sites for hydroxylation is 1. The molecule has 2 amide bonds. The van der Waals surface area contributed by atoms with Crippen LogP contribution in [-0.2, 0) is 24.5 Å². The first-order valence-electron chi connectivity index (χ1n) is 8.84. The molecule has 2 aliphatic rings. The van der Waals surface area contributed by atoms with E-state index < -0.39 is 41.3 Å². The Hall–Kier alpha value is -4.08. The zero-order valence-corrected chi connectivity index (χ0v) is 16.1. The zero-order chi connectivity index (χ0) is 21.8. The van der Waals surface area contributed by atoms with Crippen molar-refractivity contribution in [3.05, 3.63) is 69.1 Å². The Bertz CT molecular complexity index is 1210. The monoisotopic (exact) mass is 411 g/mol. The van der Waals surface area contributed by atoms with E-state index in [2.05, 4.69) is 0 Å². The number of carbonyl (C=O) groups is 3. The third-order valence-corrected chi connectivity index (χ3v) is 5.12. The topological polar surface area (TPSA) is 155 Å². The van der Waals surface area contributed by atoms with Crippen LogP contribution in [0.2, 0.25) is 0 Å². The molecule has 0 unspecified atom stereocenters. The number of hydrogen-bond acceptors (Lipinski definition) is 8. The second kappa shape index (κ2) is 6.48. The van der Waals surface area contributed by atoms with Gasteiger partial charge in [0.2, 0.25) is 17.7 Å². The van der Waals surface area contributed by atoms with Gasteiger partial charge in [0.05, 0.1) is 7.11 Å². The number of amides is 2. The number of rotatable bonds is 3. The van der Waals surface area contributed by atoms with Gasteiger partial charge in [-0.15, -0.1) is 0 Å². The van der Waals surface area contributed by atoms with E-state index in [4.69, 9.17) is 25.4 Å². The van der Waals surface area contributed by atoms with E-state index in [1.54, 1.807) is 24.3 Å². The molecule has 3 heterocycles. The lowest BCUT2D eigenvalue weighted by Gasteiger charge is -2.34. The lowest BCUT2D eigenvalue weighted by atomic mass is 9.69. The highest BCUT2D eigenvalue weighted by Crippen LogP contribution is 2.54. The van der Waals surface area contributed by atoms with Crippen molar-refractivity contribution in [3.63, 3.8) is 0 Å². The normalized spacial score (nSPS) is 19.4. The summed E-state index contributed by atoms with van der Waals surface area (Å²) in [4.78, 5) is 52.3. The van der Waals surface area contributed by atoms with Crippen LogP contribution in [0, 0.1) is 6.92 Å². The summed E-state index contributed by atoms with van der Waals surface area (Å²) in [6.45, 7) is 1.05. The maximum absolute atomic E-state index is 13.8. The predicted octanol–water partition coefficient (Wildman–Crippen LogP) is -0.198. The van der Waals surface area contributed by atoms with Crippen LogP contribution in [0.3, 0.4) is 0 Å². The number of nitrogens with zero attached hydrogens (tertiary/aromatic N) is 1. The predicted molar refractivity (Wildman–Crippen MR) is 102 cm³/mol. The highest BCUT2D eigenvalue weighted by atomic mass is 16.5. The molecular formula is C20H17N3O7. The van der Waals surface area contributed by atoms with Crippen LogP contribution >= 0.6 is 0 Å². The third kappa shape index (κ3) is 2.36. The van der Waals surface area contributed by atoms with Crippen molar-refractivity contribution < 1.29 is 28.3 Å². The minimum absolute atomic E-state index is 0.0296. The van der Waals surface area contributed by atoms with Gasteiger partial charge in [-0.3, -0.25) is 9.59 Å². The standard InChI is InChI=1S/C20H17N3O7/c1-9-7-12-14(18(26)29-9)20(15(16(22)30-12)17(25)28-2)10-5-3-4-6-11(10)23(19(20)27)8-13(21)24/h3-7H,8,22H2,1-2H3,(H2,21,24)/t20-/m0/s1. The summed E-state index contributed by atoms with van der Waals surface area (Å²) in [5, 5.41) is 0. The summed E-state index contributed by atoms with van der Waals surface area (Å²) in [6.07, 6.45) is 0. The summed E-state index contributed by atoms with van der Waals surface area (Å²) in [5.41, 5.74) is 8.42. The number of carbonyl (C=O) groups excluding carboxylic acids is 3. The molecule has 1 spiro atoms. The fourth-order valence-electron chi connectivity index (χ4n) is 4.09. The average Bonchev–Trinajstić information content (AvgIpc) is 2.90. The van der Waals surface area contributed by atoms with Gasteiger partial charge in [-0.05, 0) is 13.0 Å². The Kier molecular flexibility index (Phi) is 4.15. The quantitative estimate of drug-likeness (QED) is 0.658. The molecule has 0 saturated heterocycles. The minimum Gasteiger partial charge on any atom is -0.465 e. The van der Waals surface area contributed by atoms with E-state index in [9.17, 15) is 19.2 Å². The molecule has 10 heteroatoms. The van der Waals surface area contributed by atoms with Crippen LogP contribution in [0.15, 0.2) is 51.0 Å². The van der Waals surface area contributed by atoms with Gasteiger partial charge in [0, 0.05) is 17.3 Å². The van der Waals surface area contributed by atoms with E-state index in [-0.39, 0.29) is 28.2 Å². The van der Waals surface area contributed by atoms with E-state index in [1.165, 1.54) is 13.0 Å². The molecule has 1 aromatic heterocycles. The first-order chi connectivity index (χ1) is 14.2. The first-order valence-corrected chi connectivity index (χ1v) is 8.84. The number of anilines is 1. The molecule has 0 radical (unpaired) electrons. The van der Waals surface area contributed by atoms with E-state index >= 15 is 0 Å². The van der Waals surface area contributed by atoms with Crippen molar-refractivity contribution in [3.8, 4) is 5.75 Å². The smallest absolute Gasteiger partial charge is 0.344 e. The highest BCUT2D eigenvalue weighted by Gasteiger charge is 2.62. The zero-order valence-electron chi connectivity index (χ0n) is 16.1. The second-order valence-electron chi connectivity index (χ2n) is 6.84. The fraction of sp³-hybridized carbons (Fsp3) is 0.200. The summed E-state index contributed by atoms with van der Waals surface area (Å²) in [6, 6.07) is 7.78. The Morgan fingerprint density at radius 2 is 1.93 bits per heavy atom. The molecule has 154 valence electrons. The summed E-state index contributed by atoms with van der Waals surface area (Å²) in [5.74, 6) is -2.74. The molecule has 0 bridgehead atoms. The number of para-hydroxylation sites is 1. The number of fused-ring (bicyclic) bond motifs is 4. The second-order valence-corrected chi connectivity index (χ2v) is 6.84. The molecule has 0 fully saturated rings. The van der Waals surface area contributed by atoms with Crippen LogP contribution < -0.4 is 26.7 Å². The van der Waals surface area contributed by atoms with Crippen LogP contribution in [0.25, 0.3) is 0 Å². The largest absolute Gasteiger partial charge is 0.465 e. The Morgan fingerprint density at radius 1 is 1.23 bits per heavy atom. The van der Waals surface area contributed by atoms with E-state index in [1.807, 2.05) is 0 Å². The molecule has 1 atom stereocenters. The van der Waals surface area contributed by atoms with Crippen molar-refractivity contribution in [2.75, 3.05) is 18.6 Å². The lowest BCUT2D eigenvalue weighted by molar-refractivity contribution is -0.138. The van der Waals surface area contributed by atoms with Gasteiger partial charge in [-0.1, -0.05) is 18.2 Å².